The van der Waals surface area contributed by atoms with Gasteiger partial charge in [-0.2, -0.15) is 0 Å². The van der Waals surface area contributed by atoms with Gasteiger partial charge in [-0.25, -0.2) is 9.37 Å². The van der Waals surface area contributed by atoms with Crippen LogP contribution in [-0.2, 0) is 19.3 Å². The molecule has 3 aromatic rings. The molecule has 1 unspecified atom stereocenters. The third kappa shape index (κ3) is 3.83. The van der Waals surface area contributed by atoms with E-state index < -0.39 is 0 Å². The van der Waals surface area contributed by atoms with Crippen LogP contribution in [0.5, 0.6) is 0 Å². The predicted molar refractivity (Wildman–Crippen MR) is 111 cm³/mol. The molecule has 0 saturated carbocycles. The summed E-state index contributed by atoms with van der Waals surface area (Å²) in [5, 5.41) is 5.02. The van der Waals surface area contributed by atoms with E-state index in [2.05, 4.69) is 36.1 Å². The molecule has 2 aromatic heterocycles. The third-order valence-electron chi connectivity index (χ3n) is 5.77. The monoisotopic (exact) mass is 399 g/mol. The lowest BCUT2D eigenvalue weighted by molar-refractivity contribution is 0.0953. The number of hydrogen-bond acceptors (Lipinski definition) is 3. The van der Waals surface area contributed by atoms with Crippen molar-refractivity contribution in [3.63, 3.8) is 0 Å². The van der Waals surface area contributed by atoms with Crippen LogP contribution in [0.1, 0.15) is 53.8 Å². The third-order valence-corrected chi connectivity index (χ3v) is 6.82. The number of hydrogen-bond donors (Lipinski definition) is 2. The fraction of sp³-hybridized carbons (Fsp3) is 0.455. The highest BCUT2D eigenvalue weighted by Gasteiger charge is 2.31. The highest BCUT2D eigenvalue weighted by molar-refractivity contribution is 7.10. The van der Waals surface area contributed by atoms with Crippen LogP contribution in [0, 0.1) is 17.2 Å². The number of benzene rings is 1. The van der Waals surface area contributed by atoms with Crippen molar-refractivity contribution in [2.24, 2.45) is 11.3 Å². The fourth-order valence-corrected chi connectivity index (χ4v) is 5.15. The molecule has 4 rings (SSSR count). The van der Waals surface area contributed by atoms with Crippen molar-refractivity contribution in [2.75, 3.05) is 6.54 Å². The Balaban J connectivity index is 1.37. The molecular formula is C22H26FN3OS. The Kier molecular flexibility index (Phi) is 5.00. The molecule has 0 spiro atoms. The first-order valence-electron chi connectivity index (χ1n) is 9.83. The minimum absolute atomic E-state index is 0.00568. The second-order valence-corrected chi connectivity index (χ2v) is 9.67. The van der Waals surface area contributed by atoms with Gasteiger partial charge in [0, 0.05) is 23.2 Å². The molecule has 148 valence electrons. The number of amides is 1. The second-order valence-electron chi connectivity index (χ2n) is 8.71. The van der Waals surface area contributed by atoms with Crippen molar-refractivity contribution < 1.29 is 9.18 Å². The lowest BCUT2D eigenvalue weighted by Crippen LogP contribution is -2.29. The molecule has 1 aliphatic carbocycles. The van der Waals surface area contributed by atoms with Gasteiger partial charge < -0.3 is 10.3 Å². The van der Waals surface area contributed by atoms with Crippen molar-refractivity contribution in [3.8, 4) is 0 Å². The first-order valence-corrected chi connectivity index (χ1v) is 10.7. The summed E-state index contributed by atoms with van der Waals surface area (Å²) in [6, 6.07) is 4.50. The lowest BCUT2D eigenvalue weighted by Gasteiger charge is -2.34. The van der Waals surface area contributed by atoms with Gasteiger partial charge in [-0.15, -0.1) is 11.3 Å². The average Bonchev–Trinajstić information content (AvgIpc) is 3.23. The quantitative estimate of drug-likeness (QED) is 0.656. The fourth-order valence-electron chi connectivity index (χ4n) is 3.98. The van der Waals surface area contributed by atoms with Gasteiger partial charge in [0.1, 0.15) is 11.6 Å². The van der Waals surface area contributed by atoms with E-state index in [4.69, 9.17) is 0 Å². The van der Waals surface area contributed by atoms with Crippen molar-refractivity contribution >= 4 is 28.3 Å². The van der Waals surface area contributed by atoms with Gasteiger partial charge in [0.05, 0.1) is 16.6 Å². The van der Waals surface area contributed by atoms with Crippen molar-refractivity contribution in [1.82, 2.24) is 15.3 Å². The molecule has 0 fully saturated rings. The number of carbonyl (C=O) groups excluding carboxylic acids is 1. The lowest BCUT2D eigenvalue weighted by atomic mass is 9.72. The molecule has 0 aliphatic heterocycles. The van der Waals surface area contributed by atoms with Gasteiger partial charge in [0.15, 0.2) is 0 Å². The standard InChI is InChI=1S/C22H26FN3OS/c1-22(2,3)13-4-6-15-16(12-28-19(15)10-13)21(27)24-9-8-20-25-17-7-5-14(23)11-18(17)26-20/h5,7,11-13H,4,6,8-10H2,1-3H3,(H,24,27)(H,25,26). The number of carbonyl (C=O) groups is 1. The average molecular weight is 400 g/mol. The van der Waals surface area contributed by atoms with E-state index in [1.807, 2.05) is 5.38 Å². The zero-order valence-electron chi connectivity index (χ0n) is 16.6. The van der Waals surface area contributed by atoms with Crippen LogP contribution in [0.4, 0.5) is 4.39 Å². The van der Waals surface area contributed by atoms with E-state index in [-0.39, 0.29) is 11.7 Å². The van der Waals surface area contributed by atoms with Crippen molar-refractivity contribution in [2.45, 2.75) is 46.5 Å². The van der Waals surface area contributed by atoms with Crippen LogP contribution in [0.25, 0.3) is 11.0 Å². The molecule has 1 aliphatic rings. The summed E-state index contributed by atoms with van der Waals surface area (Å²) < 4.78 is 13.3. The number of rotatable bonds is 4. The van der Waals surface area contributed by atoms with Crippen LogP contribution in [-0.4, -0.2) is 22.4 Å². The highest BCUT2D eigenvalue weighted by atomic mass is 32.1. The largest absolute Gasteiger partial charge is 0.352 e. The van der Waals surface area contributed by atoms with Crippen LogP contribution in [0.15, 0.2) is 23.6 Å². The molecule has 1 aromatic carbocycles. The molecule has 6 heteroatoms. The van der Waals surface area contributed by atoms with Crippen LogP contribution in [0.3, 0.4) is 0 Å². The van der Waals surface area contributed by atoms with Gasteiger partial charge >= 0.3 is 0 Å². The zero-order chi connectivity index (χ0) is 19.9. The Morgan fingerprint density at radius 2 is 2.21 bits per heavy atom. The number of fused-ring (bicyclic) bond motifs is 2. The molecule has 1 atom stereocenters. The molecule has 0 saturated heterocycles. The number of imidazole rings is 1. The summed E-state index contributed by atoms with van der Waals surface area (Å²) in [4.78, 5) is 21.6. The molecule has 0 radical (unpaired) electrons. The normalized spacial score (nSPS) is 16.9. The maximum atomic E-state index is 13.3. The van der Waals surface area contributed by atoms with E-state index in [1.54, 1.807) is 17.4 Å². The van der Waals surface area contributed by atoms with Gasteiger partial charge in [-0.3, -0.25) is 4.79 Å². The SMILES string of the molecule is CC(C)(C)C1CCc2c(C(=O)NCCc3nc4ccc(F)cc4[nH]3)csc2C1. The number of nitrogens with zero attached hydrogens (tertiary/aromatic N) is 1. The number of nitrogens with one attached hydrogen (secondary N) is 2. The first kappa shape index (κ1) is 19.1. The van der Waals surface area contributed by atoms with Gasteiger partial charge in [-0.05, 0) is 54.4 Å². The Morgan fingerprint density at radius 3 is 3.00 bits per heavy atom. The smallest absolute Gasteiger partial charge is 0.252 e. The van der Waals surface area contributed by atoms with Crippen molar-refractivity contribution in [1.29, 1.82) is 0 Å². The van der Waals surface area contributed by atoms with Crippen LogP contribution in [0.2, 0.25) is 0 Å². The maximum Gasteiger partial charge on any atom is 0.252 e. The molecular weight excluding hydrogens is 373 g/mol. The van der Waals surface area contributed by atoms with Gasteiger partial charge in [-0.1, -0.05) is 20.8 Å². The Labute approximate surface area is 168 Å². The van der Waals surface area contributed by atoms with E-state index in [1.165, 1.54) is 22.6 Å². The van der Waals surface area contributed by atoms with Crippen LogP contribution >= 0.6 is 11.3 Å². The minimum Gasteiger partial charge on any atom is -0.352 e. The Hall–Kier alpha value is -2.21. The van der Waals surface area contributed by atoms with Crippen molar-refractivity contribution in [3.05, 3.63) is 51.2 Å². The molecule has 0 bridgehead atoms. The summed E-state index contributed by atoms with van der Waals surface area (Å²) in [5.74, 6) is 1.13. The molecule has 4 nitrogen and oxygen atoms in total. The van der Waals surface area contributed by atoms with Gasteiger partial charge in [0.2, 0.25) is 0 Å². The number of H-pyrrole nitrogens is 1. The molecule has 28 heavy (non-hydrogen) atoms. The number of halogens is 1. The Bertz CT molecular complexity index is 1010. The molecule has 2 heterocycles. The van der Waals surface area contributed by atoms with E-state index in [0.29, 0.717) is 29.8 Å². The second kappa shape index (κ2) is 7.32. The zero-order valence-corrected chi connectivity index (χ0v) is 17.4. The number of aromatic amines is 1. The summed E-state index contributed by atoms with van der Waals surface area (Å²) >= 11 is 1.72. The summed E-state index contributed by atoms with van der Waals surface area (Å²) in [6.07, 6.45) is 3.79. The summed E-state index contributed by atoms with van der Waals surface area (Å²) in [7, 11) is 0. The number of aromatic nitrogens is 2. The van der Waals surface area contributed by atoms with E-state index in [0.717, 1.165) is 36.2 Å². The highest BCUT2D eigenvalue weighted by Crippen LogP contribution is 2.40. The number of thiophene rings is 1. The van der Waals surface area contributed by atoms with Crippen LogP contribution < -0.4 is 5.32 Å². The molecule has 2 N–H and O–H groups in total. The summed E-state index contributed by atoms with van der Waals surface area (Å²) in [5.41, 5.74) is 3.80. The predicted octanol–water partition coefficient (Wildman–Crippen LogP) is 4.89. The maximum absolute atomic E-state index is 13.3. The van der Waals surface area contributed by atoms with E-state index >= 15 is 0 Å². The first-order chi connectivity index (χ1) is 13.3. The van der Waals surface area contributed by atoms with E-state index in [9.17, 15) is 9.18 Å². The molecule has 1 amide bonds. The topological polar surface area (TPSA) is 57.8 Å². The van der Waals surface area contributed by atoms with Gasteiger partial charge in [0.25, 0.3) is 5.91 Å². The Morgan fingerprint density at radius 1 is 1.39 bits per heavy atom. The summed E-state index contributed by atoms with van der Waals surface area (Å²) in [6.45, 7) is 7.40. The minimum atomic E-state index is -0.285.